The largest absolute Gasteiger partial charge is 0.356 e. The highest BCUT2D eigenvalue weighted by molar-refractivity contribution is 5.90. The molecule has 0 unspecified atom stereocenters. The van der Waals surface area contributed by atoms with Gasteiger partial charge in [0.2, 0.25) is 0 Å². The zero-order valence-electron chi connectivity index (χ0n) is 15.8. The van der Waals surface area contributed by atoms with Crippen LogP contribution < -0.4 is 5.32 Å². The Labute approximate surface area is 159 Å². The van der Waals surface area contributed by atoms with Crippen molar-refractivity contribution in [1.82, 2.24) is 20.1 Å². The van der Waals surface area contributed by atoms with Crippen molar-refractivity contribution in [1.29, 1.82) is 0 Å². The molecule has 6 nitrogen and oxygen atoms in total. The molecule has 0 saturated carbocycles. The zero-order chi connectivity index (χ0) is 19.3. The van der Waals surface area contributed by atoms with E-state index in [0.717, 1.165) is 11.1 Å². The van der Waals surface area contributed by atoms with Gasteiger partial charge in [-0.25, -0.2) is 0 Å². The number of nitrogens with one attached hydrogen (secondary N) is 1. The maximum absolute atomic E-state index is 13.6. The van der Waals surface area contributed by atoms with Crippen molar-refractivity contribution in [3.8, 4) is 0 Å². The molecule has 0 aliphatic carbocycles. The maximum atomic E-state index is 13.6. The van der Waals surface area contributed by atoms with Crippen LogP contribution in [0.4, 0.5) is 0 Å². The van der Waals surface area contributed by atoms with Gasteiger partial charge in [-0.05, 0) is 25.0 Å². The van der Waals surface area contributed by atoms with Crippen LogP contribution in [-0.4, -0.2) is 27.3 Å². The fourth-order valence-corrected chi connectivity index (χ4v) is 3.27. The van der Waals surface area contributed by atoms with E-state index in [4.69, 9.17) is 4.74 Å². The van der Waals surface area contributed by atoms with Crippen molar-refractivity contribution in [3.05, 3.63) is 83.9 Å². The van der Waals surface area contributed by atoms with Crippen LogP contribution in [0.5, 0.6) is 0 Å². The van der Waals surface area contributed by atoms with Crippen molar-refractivity contribution >= 4 is 5.91 Å². The lowest BCUT2D eigenvalue weighted by Crippen LogP contribution is -2.48. The van der Waals surface area contributed by atoms with Gasteiger partial charge in [-0.15, -0.1) is 10.2 Å². The molecule has 140 valence electrons. The summed E-state index contributed by atoms with van der Waals surface area (Å²) in [5.41, 5.74) is 0.311. The second kappa shape index (κ2) is 8.14. The second-order valence-corrected chi connectivity index (χ2v) is 6.34. The van der Waals surface area contributed by atoms with E-state index < -0.39 is 5.60 Å². The van der Waals surface area contributed by atoms with Crippen LogP contribution in [0.3, 0.4) is 0 Å². The molecule has 0 aliphatic rings. The van der Waals surface area contributed by atoms with Gasteiger partial charge < -0.3 is 14.6 Å². The third kappa shape index (κ3) is 3.61. The summed E-state index contributed by atoms with van der Waals surface area (Å²) in [6.45, 7) is 4.16. The fraction of sp³-hybridized carbons (Fsp3) is 0.286. The predicted octanol–water partition coefficient (Wildman–Crippen LogP) is 2.97. The number of benzene rings is 2. The third-order valence-electron chi connectivity index (χ3n) is 4.52. The molecule has 0 spiro atoms. The summed E-state index contributed by atoms with van der Waals surface area (Å²) in [7, 11) is 1.85. The minimum absolute atomic E-state index is 0.239. The van der Waals surface area contributed by atoms with Crippen LogP contribution >= 0.6 is 0 Å². The van der Waals surface area contributed by atoms with Gasteiger partial charge in [0.1, 0.15) is 6.33 Å². The van der Waals surface area contributed by atoms with Crippen LogP contribution in [0.15, 0.2) is 67.0 Å². The molecule has 1 amide bonds. The van der Waals surface area contributed by atoms with Gasteiger partial charge in [-0.2, -0.15) is 0 Å². The van der Waals surface area contributed by atoms with Gasteiger partial charge in [0, 0.05) is 13.7 Å². The molecule has 0 radical (unpaired) electrons. The monoisotopic (exact) mass is 364 g/mol. The van der Waals surface area contributed by atoms with Crippen LogP contribution in [0.1, 0.15) is 36.8 Å². The van der Waals surface area contributed by atoms with Gasteiger partial charge in [0.05, 0.1) is 6.04 Å². The van der Waals surface area contributed by atoms with Gasteiger partial charge in [0.15, 0.2) is 11.4 Å². The second-order valence-electron chi connectivity index (χ2n) is 6.34. The van der Waals surface area contributed by atoms with Gasteiger partial charge in [-0.3, -0.25) is 4.79 Å². The Hall–Kier alpha value is -2.99. The highest BCUT2D eigenvalue weighted by atomic mass is 16.5. The van der Waals surface area contributed by atoms with Gasteiger partial charge in [-0.1, -0.05) is 60.7 Å². The Kier molecular flexibility index (Phi) is 5.66. The first-order chi connectivity index (χ1) is 13.1. The Bertz CT molecular complexity index is 838. The standard InChI is InChI=1S/C21H24N4O2/c1-4-27-21(17-11-7-5-8-12-17,18-13-9-6-10-14-18)20(26)23-16(2)19-24-22-15-25(19)3/h5-16H,4H2,1-3H3,(H,23,26)/t16-/m1/s1. The molecular formula is C21H24N4O2. The van der Waals surface area contributed by atoms with Gasteiger partial charge in [0.25, 0.3) is 5.91 Å². The Balaban J connectivity index is 2.06. The predicted molar refractivity (Wildman–Crippen MR) is 103 cm³/mol. The van der Waals surface area contributed by atoms with Crippen LogP contribution in [0.25, 0.3) is 0 Å². The van der Waals surface area contributed by atoms with E-state index in [1.54, 1.807) is 10.9 Å². The number of ether oxygens (including phenoxy) is 1. The summed E-state index contributed by atoms with van der Waals surface area (Å²) in [4.78, 5) is 13.6. The SMILES string of the molecule is CCOC(C(=O)N[C@H](C)c1nncn1C)(c1ccccc1)c1ccccc1. The molecule has 1 atom stereocenters. The normalized spacial score (nSPS) is 12.6. The van der Waals surface area contributed by atoms with E-state index in [9.17, 15) is 4.79 Å². The topological polar surface area (TPSA) is 69.0 Å². The van der Waals surface area contributed by atoms with Crippen LogP contribution in [0.2, 0.25) is 0 Å². The van der Waals surface area contributed by atoms with Crippen LogP contribution in [0, 0.1) is 0 Å². The molecule has 6 heteroatoms. The average molecular weight is 364 g/mol. The number of aromatic nitrogens is 3. The quantitative estimate of drug-likeness (QED) is 0.700. The number of amides is 1. The molecule has 1 aromatic heterocycles. The van der Waals surface area contributed by atoms with E-state index >= 15 is 0 Å². The summed E-state index contributed by atoms with van der Waals surface area (Å²) in [5, 5.41) is 11.1. The van der Waals surface area contributed by atoms with E-state index in [1.807, 2.05) is 81.6 Å². The Morgan fingerprint density at radius 3 is 2.11 bits per heavy atom. The van der Waals surface area contributed by atoms with Crippen molar-refractivity contribution in [2.75, 3.05) is 6.61 Å². The Morgan fingerprint density at radius 2 is 1.67 bits per heavy atom. The minimum atomic E-state index is -1.25. The van der Waals surface area contributed by atoms with E-state index in [0.29, 0.717) is 12.4 Å². The molecule has 2 aromatic carbocycles. The summed E-state index contributed by atoms with van der Waals surface area (Å²) >= 11 is 0. The molecule has 3 rings (SSSR count). The van der Waals surface area contributed by atoms with Crippen molar-refractivity contribution in [2.45, 2.75) is 25.5 Å². The summed E-state index contributed by atoms with van der Waals surface area (Å²) in [5.74, 6) is 0.437. The van der Waals surface area contributed by atoms with E-state index in [-0.39, 0.29) is 11.9 Å². The number of aryl methyl sites for hydroxylation is 1. The maximum Gasteiger partial charge on any atom is 0.262 e. The number of carbonyl (C=O) groups excluding carboxylic acids is 1. The zero-order valence-corrected chi connectivity index (χ0v) is 15.8. The minimum Gasteiger partial charge on any atom is -0.356 e. The summed E-state index contributed by atoms with van der Waals surface area (Å²) in [6, 6.07) is 18.8. The first-order valence-electron chi connectivity index (χ1n) is 8.99. The molecule has 27 heavy (non-hydrogen) atoms. The van der Waals surface area contributed by atoms with E-state index in [2.05, 4.69) is 15.5 Å². The number of carbonyl (C=O) groups is 1. The average Bonchev–Trinajstić information content (AvgIpc) is 3.13. The lowest BCUT2D eigenvalue weighted by Gasteiger charge is -2.34. The molecule has 0 aliphatic heterocycles. The third-order valence-corrected chi connectivity index (χ3v) is 4.52. The smallest absolute Gasteiger partial charge is 0.262 e. The lowest BCUT2D eigenvalue weighted by molar-refractivity contribution is -0.143. The molecule has 1 heterocycles. The Morgan fingerprint density at radius 1 is 1.11 bits per heavy atom. The molecule has 0 saturated heterocycles. The van der Waals surface area contributed by atoms with Crippen molar-refractivity contribution in [2.24, 2.45) is 7.05 Å². The molecule has 1 N–H and O–H groups in total. The fourth-order valence-electron chi connectivity index (χ4n) is 3.27. The molecule has 3 aromatic rings. The van der Waals surface area contributed by atoms with Crippen molar-refractivity contribution < 1.29 is 9.53 Å². The highest BCUT2D eigenvalue weighted by Crippen LogP contribution is 2.34. The number of nitrogens with zero attached hydrogens (tertiary/aromatic N) is 3. The highest BCUT2D eigenvalue weighted by Gasteiger charge is 2.43. The molecule has 0 fully saturated rings. The molecule has 0 bridgehead atoms. The number of rotatable bonds is 7. The summed E-state index contributed by atoms with van der Waals surface area (Å²) in [6.07, 6.45) is 1.61. The first kappa shape index (κ1) is 18.8. The summed E-state index contributed by atoms with van der Waals surface area (Å²) < 4.78 is 7.95. The molecular weight excluding hydrogens is 340 g/mol. The van der Waals surface area contributed by atoms with Crippen LogP contribution in [-0.2, 0) is 22.2 Å². The van der Waals surface area contributed by atoms with Crippen molar-refractivity contribution in [3.63, 3.8) is 0 Å². The number of hydrogen-bond donors (Lipinski definition) is 1. The lowest BCUT2D eigenvalue weighted by atomic mass is 9.84. The number of hydrogen-bond acceptors (Lipinski definition) is 4. The van der Waals surface area contributed by atoms with Gasteiger partial charge >= 0.3 is 0 Å². The van der Waals surface area contributed by atoms with E-state index in [1.165, 1.54) is 0 Å². The first-order valence-corrected chi connectivity index (χ1v) is 8.99.